The van der Waals surface area contributed by atoms with Gasteiger partial charge in [0.2, 0.25) is 5.91 Å². The molecule has 0 saturated carbocycles. The molecule has 0 bridgehead atoms. The molecular formula is C13H16N2O. The molecule has 1 rings (SSSR count). The first-order valence-electron chi connectivity index (χ1n) is 5.36. The van der Waals surface area contributed by atoms with E-state index in [1.165, 1.54) is 0 Å². The lowest BCUT2D eigenvalue weighted by Gasteiger charge is -2.13. The van der Waals surface area contributed by atoms with Gasteiger partial charge in [-0.2, -0.15) is 5.26 Å². The second-order valence-corrected chi connectivity index (χ2v) is 3.85. The van der Waals surface area contributed by atoms with Gasteiger partial charge in [0, 0.05) is 5.69 Å². The van der Waals surface area contributed by atoms with Gasteiger partial charge in [-0.3, -0.25) is 4.79 Å². The van der Waals surface area contributed by atoms with E-state index in [-0.39, 0.29) is 5.91 Å². The summed E-state index contributed by atoms with van der Waals surface area (Å²) in [7, 11) is 0. The number of benzene rings is 1. The number of amides is 1. The molecule has 0 aliphatic carbocycles. The maximum Gasteiger partial charge on any atom is 0.241 e. The summed E-state index contributed by atoms with van der Waals surface area (Å²) in [6.07, 6.45) is 0.535. The molecule has 16 heavy (non-hydrogen) atoms. The number of anilines is 1. The highest BCUT2D eigenvalue weighted by Gasteiger charge is 2.16. The van der Waals surface area contributed by atoms with Crippen LogP contribution in [-0.4, -0.2) is 5.91 Å². The monoisotopic (exact) mass is 216 g/mol. The number of rotatable bonds is 3. The standard InChI is InChI=1S/C13H16N2O/c1-4-11(8-14)13(16)15-12-9(2)6-5-7-10(12)3/h5-7,11H,4H2,1-3H3,(H,15,16). The van der Waals surface area contributed by atoms with Gasteiger partial charge in [0.1, 0.15) is 5.92 Å². The molecule has 0 aliphatic heterocycles. The van der Waals surface area contributed by atoms with Crippen LogP contribution in [-0.2, 0) is 4.79 Å². The molecule has 0 aliphatic rings. The van der Waals surface area contributed by atoms with Crippen LogP contribution < -0.4 is 5.32 Å². The van der Waals surface area contributed by atoms with Crippen LogP contribution in [0.4, 0.5) is 5.69 Å². The number of nitrogens with zero attached hydrogens (tertiary/aromatic N) is 1. The Balaban J connectivity index is 2.89. The topological polar surface area (TPSA) is 52.9 Å². The van der Waals surface area contributed by atoms with Gasteiger partial charge >= 0.3 is 0 Å². The third-order valence-corrected chi connectivity index (χ3v) is 2.61. The maximum absolute atomic E-state index is 11.7. The van der Waals surface area contributed by atoms with Crippen LogP contribution in [0.5, 0.6) is 0 Å². The van der Waals surface area contributed by atoms with Crippen molar-refractivity contribution in [1.82, 2.24) is 0 Å². The van der Waals surface area contributed by atoms with Crippen LogP contribution in [0.15, 0.2) is 18.2 Å². The van der Waals surface area contributed by atoms with E-state index >= 15 is 0 Å². The van der Waals surface area contributed by atoms with Gasteiger partial charge in [0.05, 0.1) is 6.07 Å². The van der Waals surface area contributed by atoms with Crippen molar-refractivity contribution in [1.29, 1.82) is 5.26 Å². The molecule has 1 aromatic rings. The maximum atomic E-state index is 11.7. The van der Waals surface area contributed by atoms with E-state index in [4.69, 9.17) is 5.26 Å². The fraction of sp³-hybridized carbons (Fsp3) is 0.385. The third-order valence-electron chi connectivity index (χ3n) is 2.61. The highest BCUT2D eigenvalue weighted by atomic mass is 16.1. The molecule has 0 heterocycles. The van der Waals surface area contributed by atoms with E-state index in [0.717, 1.165) is 16.8 Å². The average molecular weight is 216 g/mol. The summed E-state index contributed by atoms with van der Waals surface area (Å²) >= 11 is 0. The molecule has 0 radical (unpaired) electrons. The summed E-state index contributed by atoms with van der Waals surface area (Å²) in [5.41, 5.74) is 2.85. The van der Waals surface area contributed by atoms with Gasteiger partial charge in [0.25, 0.3) is 0 Å². The number of nitrogens with one attached hydrogen (secondary N) is 1. The fourth-order valence-electron chi connectivity index (χ4n) is 1.56. The molecule has 3 nitrogen and oxygen atoms in total. The Bertz CT molecular complexity index is 412. The van der Waals surface area contributed by atoms with Crippen molar-refractivity contribution in [2.45, 2.75) is 27.2 Å². The van der Waals surface area contributed by atoms with Crippen LogP contribution in [0, 0.1) is 31.1 Å². The van der Waals surface area contributed by atoms with Gasteiger partial charge in [-0.1, -0.05) is 25.1 Å². The highest BCUT2D eigenvalue weighted by molar-refractivity contribution is 5.95. The van der Waals surface area contributed by atoms with Gasteiger partial charge < -0.3 is 5.32 Å². The first-order chi connectivity index (χ1) is 7.60. The molecule has 0 aromatic heterocycles. The summed E-state index contributed by atoms with van der Waals surface area (Å²) in [6.45, 7) is 5.71. The largest absolute Gasteiger partial charge is 0.324 e. The molecule has 1 aromatic carbocycles. The smallest absolute Gasteiger partial charge is 0.241 e. The number of carbonyl (C=O) groups excluding carboxylic acids is 1. The van der Waals surface area contributed by atoms with Crippen LogP contribution in [0.25, 0.3) is 0 Å². The number of hydrogen-bond donors (Lipinski definition) is 1. The number of nitriles is 1. The minimum Gasteiger partial charge on any atom is -0.324 e. The van der Waals surface area contributed by atoms with E-state index in [9.17, 15) is 4.79 Å². The first kappa shape index (κ1) is 12.3. The van der Waals surface area contributed by atoms with E-state index in [1.54, 1.807) is 0 Å². The zero-order chi connectivity index (χ0) is 12.1. The molecule has 0 fully saturated rings. The van der Waals surface area contributed by atoms with E-state index in [2.05, 4.69) is 5.32 Å². The summed E-state index contributed by atoms with van der Waals surface area (Å²) in [6, 6.07) is 7.83. The molecule has 1 atom stereocenters. The lowest BCUT2D eigenvalue weighted by Crippen LogP contribution is -2.21. The Morgan fingerprint density at radius 1 is 1.44 bits per heavy atom. The number of para-hydroxylation sites is 1. The van der Waals surface area contributed by atoms with Crippen LogP contribution in [0.1, 0.15) is 24.5 Å². The van der Waals surface area contributed by atoms with Crippen LogP contribution in [0.3, 0.4) is 0 Å². The lowest BCUT2D eigenvalue weighted by atomic mass is 10.1. The summed E-state index contributed by atoms with van der Waals surface area (Å²) in [5.74, 6) is -0.790. The molecule has 1 amide bonds. The van der Waals surface area contributed by atoms with Crippen LogP contribution in [0.2, 0.25) is 0 Å². The number of aryl methyl sites for hydroxylation is 2. The minimum absolute atomic E-state index is 0.220. The fourth-order valence-corrected chi connectivity index (χ4v) is 1.56. The molecule has 0 spiro atoms. The molecule has 84 valence electrons. The SMILES string of the molecule is CCC(C#N)C(=O)Nc1c(C)cccc1C. The van der Waals surface area contributed by atoms with Crippen molar-refractivity contribution in [3.63, 3.8) is 0 Å². The van der Waals surface area contributed by atoms with Crippen molar-refractivity contribution in [2.75, 3.05) is 5.32 Å². The van der Waals surface area contributed by atoms with E-state index in [0.29, 0.717) is 6.42 Å². The lowest BCUT2D eigenvalue weighted by molar-refractivity contribution is -0.118. The van der Waals surface area contributed by atoms with Crippen molar-refractivity contribution in [3.8, 4) is 6.07 Å². The predicted molar refractivity (Wildman–Crippen MR) is 63.9 cm³/mol. The van der Waals surface area contributed by atoms with Crippen LogP contribution >= 0.6 is 0 Å². The summed E-state index contributed by atoms with van der Waals surface area (Å²) < 4.78 is 0. The quantitative estimate of drug-likeness (QED) is 0.844. The zero-order valence-electron chi connectivity index (χ0n) is 9.87. The van der Waals surface area contributed by atoms with Gasteiger partial charge in [0.15, 0.2) is 0 Å². The number of carbonyl (C=O) groups is 1. The highest BCUT2D eigenvalue weighted by Crippen LogP contribution is 2.20. The first-order valence-corrected chi connectivity index (χ1v) is 5.36. The van der Waals surface area contributed by atoms with Crippen molar-refractivity contribution in [2.24, 2.45) is 5.92 Å². The summed E-state index contributed by atoms with van der Waals surface area (Å²) in [5, 5.41) is 11.6. The second-order valence-electron chi connectivity index (χ2n) is 3.85. The predicted octanol–water partition coefficient (Wildman–Crippen LogP) is 2.79. The van der Waals surface area contributed by atoms with E-state index in [1.807, 2.05) is 45.0 Å². The Morgan fingerprint density at radius 2 is 2.00 bits per heavy atom. The van der Waals surface area contributed by atoms with Crippen molar-refractivity contribution < 1.29 is 4.79 Å². The second kappa shape index (κ2) is 5.32. The Labute approximate surface area is 96.1 Å². The Hall–Kier alpha value is -1.82. The molecule has 1 unspecified atom stereocenters. The molecule has 3 heteroatoms. The van der Waals surface area contributed by atoms with Crippen molar-refractivity contribution >= 4 is 11.6 Å². The van der Waals surface area contributed by atoms with E-state index < -0.39 is 5.92 Å². The van der Waals surface area contributed by atoms with Gasteiger partial charge in [-0.25, -0.2) is 0 Å². The number of hydrogen-bond acceptors (Lipinski definition) is 2. The molecular weight excluding hydrogens is 200 g/mol. The zero-order valence-corrected chi connectivity index (χ0v) is 9.87. The average Bonchev–Trinajstić information content (AvgIpc) is 2.25. The summed E-state index contributed by atoms with van der Waals surface area (Å²) in [4.78, 5) is 11.7. The Kier molecular flexibility index (Phi) is 4.07. The molecule has 0 saturated heterocycles. The van der Waals surface area contributed by atoms with Crippen molar-refractivity contribution in [3.05, 3.63) is 29.3 Å². The minimum atomic E-state index is -0.570. The van der Waals surface area contributed by atoms with Gasteiger partial charge in [-0.15, -0.1) is 0 Å². The third kappa shape index (κ3) is 2.60. The van der Waals surface area contributed by atoms with Gasteiger partial charge in [-0.05, 0) is 31.4 Å². The Morgan fingerprint density at radius 3 is 2.44 bits per heavy atom. The molecule has 1 N–H and O–H groups in total. The normalized spacial score (nSPS) is 11.6.